The molecule has 4 rings (SSSR count). The van der Waals surface area contributed by atoms with Crippen LogP contribution < -0.4 is 15.8 Å². The number of amides is 2. The van der Waals surface area contributed by atoms with Gasteiger partial charge in [-0.3, -0.25) is 9.59 Å². The molecule has 2 amide bonds. The smallest absolute Gasteiger partial charge is 0.248 e. The van der Waals surface area contributed by atoms with E-state index in [-0.39, 0.29) is 19.1 Å². The second-order valence-corrected chi connectivity index (χ2v) is 7.28. The summed E-state index contributed by atoms with van der Waals surface area (Å²) in [4.78, 5) is 28.7. The standard InChI is InChI=1S/C23H19ClN4O3/c24-16-8-10-18(11-9-16)31-14-21-27-19-6-1-2-7-20(19)28(21)13-22(29)26-17-5-3-4-15(12-17)23(25)30/h1-12H,13-14H2,(H2,25,30)(H,26,29). The quantitative estimate of drug-likeness (QED) is 0.459. The summed E-state index contributed by atoms with van der Waals surface area (Å²) in [5, 5.41) is 3.42. The Morgan fingerprint density at radius 1 is 1.03 bits per heavy atom. The molecule has 4 aromatic rings. The summed E-state index contributed by atoms with van der Waals surface area (Å²) < 4.78 is 7.64. The van der Waals surface area contributed by atoms with E-state index >= 15 is 0 Å². The highest BCUT2D eigenvalue weighted by Crippen LogP contribution is 2.20. The average molecular weight is 435 g/mol. The number of anilines is 1. The van der Waals surface area contributed by atoms with Crippen molar-refractivity contribution < 1.29 is 14.3 Å². The first-order valence-corrected chi connectivity index (χ1v) is 9.89. The van der Waals surface area contributed by atoms with Crippen molar-refractivity contribution in [1.29, 1.82) is 0 Å². The van der Waals surface area contributed by atoms with Gasteiger partial charge in [-0.05, 0) is 54.6 Å². The van der Waals surface area contributed by atoms with Gasteiger partial charge < -0.3 is 20.4 Å². The minimum atomic E-state index is -0.557. The lowest BCUT2D eigenvalue weighted by Crippen LogP contribution is -2.21. The Labute approximate surface area is 183 Å². The second kappa shape index (κ2) is 8.89. The average Bonchev–Trinajstić information content (AvgIpc) is 3.11. The predicted molar refractivity (Wildman–Crippen MR) is 119 cm³/mol. The minimum Gasteiger partial charge on any atom is -0.486 e. The molecule has 0 aliphatic carbocycles. The molecule has 156 valence electrons. The fourth-order valence-electron chi connectivity index (χ4n) is 3.19. The fraction of sp³-hybridized carbons (Fsp3) is 0.0870. The van der Waals surface area contributed by atoms with Crippen LogP contribution in [-0.2, 0) is 17.9 Å². The van der Waals surface area contributed by atoms with Crippen molar-refractivity contribution in [2.24, 2.45) is 5.73 Å². The highest BCUT2D eigenvalue weighted by Gasteiger charge is 2.15. The Bertz CT molecular complexity index is 1250. The lowest BCUT2D eigenvalue weighted by atomic mass is 10.2. The summed E-state index contributed by atoms with van der Waals surface area (Å²) in [5.41, 5.74) is 7.70. The lowest BCUT2D eigenvalue weighted by molar-refractivity contribution is -0.116. The first kappa shape index (κ1) is 20.4. The van der Waals surface area contributed by atoms with Crippen LogP contribution in [0, 0.1) is 0 Å². The Morgan fingerprint density at radius 2 is 1.81 bits per heavy atom. The summed E-state index contributed by atoms with van der Waals surface area (Å²) in [7, 11) is 0. The van der Waals surface area contributed by atoms with E-state index in [0.717, 1.165) is 11.0 Å². The molecule has 8 heteroatoms. The normalized spacial score (nSPS) is 10.7. The maximum absolute atomic E-state index is 12.7. The summed E-state index contributed by atoms with van der Waals surface area (Å²) in [6.45, 7) is 0.210. The topological polar surface area (TPSA) is 99.2 Å². The van der Waals surface area contributed by atoms with Gasteiger partial charge in [0.25, 0.3) is 0 Å². The molecule has 1 aromatic heterocycles. The number of fused-ring (bicyclic) bond motifs is 1. The molecule has 3 N–H and O–H groups in total. The van der Waals surface area contributed by atoms with Crippen LogP contribution >= 0.6 is 11.6 Å². The molecule has 0 unspecified atom stereocenters. The van der Waals surface area contributed by atoms with E-state index in [1.807, 2.05) is 24.3 Å². The van der Waals surface area contributed by atoms with Gasteiger partial charge in [-0.2, -0.15) is 0 Å². The molecule has 7 nitrogen and oxygen atoms in total. The van der Waals surface area contributed by atoms with Crippen molar-refractivity contribution in [1.82, 2.24) is 9.55 Å². The SMILES string of the molecule is NC(=O)c1cccc(NC(=O)Cn2c(COc3ccc(Cl)cc3)nc3ccccc32)c1. The molecule has 0 radical (unpaired) electrons. The molecular weight excluding hydrogens is 416 g/mol. The highest BCUT2D eigenvalue weighted by atomic mass is 35.5. The Morgan fingerprint density at radius 3 is 2.58 bits per heavy atom. The molecule has 0 atom stereocenters. The van der Waals surface area contributed by atoms with Crippen molar-refractivity contribution in [3.63, 3.8) is 0 Å². The number of primary amides is 1. The number of aromatic nitrogens is 2. The molecule has 0 aliphatic rings. The van der Waals surface area contributed by atoms with Gasteiger partial charge in [0.05, 0.1) is 11.0 Å². The van der Waals surface area contributed by atoms with Crippen LogP contribution in [0.4, 0.5) is 5.69 Å². The summed E-state index contributed by atoms with van der Waals surface area (Å²) in [6, 6.07) is 21.1. The minimum absolute atomic E-state index is 0.0284. The van der Waals surface area contributed by atoms with Gasteiger partial charge in [0.2, 0.25) is 11.8 Å². The Kier molecular flexibility index (Phi) is 5.86. The maximum Gasteiger partial charge on any atom is 0.248 e. The zero-order chi connectivity index (χ0) is 21.8. The number of benzene rings is 3. The number of carbonyl (C=O) groups excluding carboxylic acids is 2. The van der Waals surface area contributed by atoms with Gasteiger partial charge >= 0.3 is 0 Å². The van der Waals surface area contributed by atoms with E-state index in [0.29, 0.717) is 27.8 Å². The first-order valence-electron chi connectivity index (χ1n) is 9.52. The molecule has 0 bridgehead atoms. The third-order valence-electron chi connectivity index (χ3n) is 4.65. The van der Waals surface area contributed by atoms with Gasteiger partial charge in [0, 0.05) is 16.3 Å². The zero-order valence-electron chi connectivity index (χ0n) is 16.4. The first-order chi connectivity index (χ1) is 15.0. The molecule has 0 saturated heterocycles. The lowest BCUT2D eigenvalue weighted by Gasteiger charge is -2.11. The molecular formula is C23H19ClN4O3. The largest absolute Gasteiger partial charge is 0.486 e. The van der Waals surface area contributed by atoms with E-state index in [4.69, 9.17) is 22.1 Å². The van der Waals surface area contributed by atoms with E-state index in [2.05, 4.69) is 10.3 Å². The number of ether oxygens (including phenoxy) is 1. The third-order valence-corrected chi connectivity index (χ3v) is 4.90. The van der Waals surface area contributed by atoms with Crippen LogP contribution in [0.1, 0.15) is 16.2 Å². The van der Waals surface area contributed by atoms with Gasteiger partial charge in [-0.15, -0.1) is 0 Å². The van der Waals surface area contributed by atoms with E-state index in [9.17, 15) is 9.59 Å². The van der Waals surface area contributed by atoms with E-state index in [1.165, 1.54) is 6.07 Å². The van der Waals surface area contributed by atoms with Crippen LogP contribution in [0.5, 0.6) is 5.75 Å². The number of nitrogens with zero attached hydrogens (tertiary/aromatic N) is 2. The summed E-state index contributed by atoms with van der Waals surface area (Å²) in [6.07, 6.45) is 0. The third kappa shape index (κ3) is 4.84. The number of hydrogen-bond acceptors (Lipinski definition) is 4. The number of nitrogens with one attached hydrogen (secondary N) is 1. The second-order valence-electron chi connectivity index (χ2n) is 6.84. The van der Waals surface area contributed by atoms with Crippen molar-refractivity contribution in [2.45, 2.75) is 13.2 Å². The Hall–Kier alpha value is -3.84. The van der Waals surface area contributed by atoms with Gasteiger partial charge in [-0.1, -0.05) is 29.8 Å². The van der Waals surface area contributed by atoms with Crippen LogP contribution in [0.3, 0.4) is 0 Å². The molecule has 0 fully saturated rings. The molecule has 3 aromatic carbocycles. The Balaban J connectivity index is 1.55. The number of imidazole rings is 1. The van der Waals surface area contributed by atoms with E-state index < -0.39 is 5.91 Å². The molecule has 1 heterocycles. The molecule has 31 heavy (non-hydrogen) atoms. The monoisotopic (exact) mass is 434 g/mol. The summed E-state index contributed by atoms with van der Waals surface area (Å²) >= 11 is 5.92. The number of carbonyl (C=O) groups is 2. The molecule has 0 spiro atoms. The number of para-hydroxylation sites is 2. The van der Waals surface area contributed by atoms with Crippen molar-refractivity contribution in [2.75, 3.05) is 5.32 Å². The van der Waals surface area contributed by atoms with Crippen molar-refractivity contribution in [3.05, 3.63) is 89.2 Å². The van der Waals surface area contributed by atoms with Crippen LogP contribution in [0.15, 0.2) is 72.8 Å². The number of halogens is 1. The zero-order valence-corrected chi connectivity index (χ0v) is 17.2. The predicted octanol–water partition coefficient (Wildman–Crippen LogP) is 4.01. The van der Waals surface area contributed by atoms with Crippen LogP contribution in [0.2, 0.25) is 5.02 Å². The van der Waals surface area contributed by atoms with Crippen molar-refractivity contribution >= 4 is 40.1 Å². The van der Waals surface area contributed by atoms with Crippen molar-refractivity contribution in [3.8, 4) is 5.75 Å². The number of rotatable bonds is 7. The van der Waals surface area contributed by atoms with E-state index in [1.54, 1.807) is 47.0 Å². The van der Waals surface area contributed by atoms with Gasteiger partial charge in [-0.25, -0.2) is 4.98 Å². The maximum atomic E-state index is 12.7. The number of nitrogens with two attached hydrogens (primary N) is 1. The highest BCUT2D eigenvalue weighted by molar-refractivity contribution is 6.30. The summed E-state index contributed by atoms with van der Waals surface area (Å²) in [5.74, 6) is 0.434. The number of hydrogen-bond donors (Lipinski definition) is 2. The molecule has 0 aliphatic heterocycles. The fourth-order valence-corrected chi connectivity index (χ4v) is 3.31. The molecule has 0 saturated carbocycles. The van der Waals surface area contributed by atoms with Crippen LogP contribution in [-0.4, -0.2) is 21.4 Å². The van der Waals surface area contributed by atoms with Crippen LogP contribution in [0.25, 0.3) is 11.0 Å². The van der Waals surface area contributed by atoms with Gasteiger partial charge in [0.1, 0.15) is 24.7 Å². The van der Waals surface area contributed by atoms with Gasteiger partial charge in [0.15, 0.2) is 0 Å².